The predicted octanol–water partition coefficient (Wildman–Crippen LogP) is 3.16. The van der Waals surface area contributed by atoms with Crippen molar-refractivity contribution in [2.24, 2.45) is 34.6 Å². The maximum atomic E-state index is 4.67. The van der Waals surface area contributed by atoms with Crippen LogP contribution in [0.4, 0.5) is 0 Å². The average Bonchev–Trinajstić information content (AvgIpc) is 2.15. The zero-order valence-corrected chi connectivity index (χ0v) is 9.30. The van der Waals surface area contributed by atoms with Gasteiger partial charge in [0, 0.05) is 0 Å². The summed E-state index contributed by atoms with van der Waals surface area (Å²) in [7, 11) is 0. The van der Waals surface area contributed by atoms with E-state index in [1.54, 1.807) is 0 Å². The summed E-state index contributed by atoms with van der Waals surface area (Å²) in [6, 6.07) is 0. The zero-order chi connectivity index (χ0) is 9.54. The molecule has 2 heteroatoms. The molecular weight excluding hydrogens is 190 g/mol. The summed E-state index contributed by atoms with van der Waals surface area (Å²) in [5.74, 6) is 4.98. The summed E-state index contributed by atoms with van der Waals surface area (Å²) >= 11 is 4.67. The van der Waals surface area contributed by atoms with Gasteiger partial charge in [0.05, 0.1) is 11.7 Å². The smallest absolute Gasteiger partial charge is 0.0585 e. The molecule has 0 radical (unpaired) electrons. The molecule has 4 saturated carbocycles. The monoisotopic (exact) mass is 207 g/mol. The lowest BCUT2D eigenvalue weighted by Gasteiger charge is -2.54. The van der Waals surface area contributed by atoms with Crippen molar-refractivity contribution in [3.63, 3.8) is 0 Å². The second-order valence-electron chi connectivity index (χ2n) is 5.53. The maximum Gasteiger partial charge on any atom is 0.0585 e. The predicted molar refractivity (Wildman–Crippen MR) is 60.4 cm³/mol. The first-order chi connectivity index (χ1) is 6.86. The first-order valence-electron chi connectivity index (χ1n) is 5.90. The van der Waals surface area contributed by atoms with Crippen molar-refractivity contribution in [1.29, 1.82) is 0 Å². The van der Waals surface area contributed by atoms with Crippen LogP contribution in [0.1, 0.15) is 32.1 Å². The van der Waals surface area contributed by atoms with Gasteiger partial charge < -0.3 is 0 Å². The summed E-state index contributed by atoms with van der Waals surface area (Å²) < 4.78 is 0. The number of hydrogen-bond acceptors (Lipinski definition) is 2. The van der Waals surface area contributed by atoms with Crippen molar-refractivity contribution in [3.05, 3.63) is 0 Å². The molecule has 0 heterocycles. The minimum atomic E-state index is 0.859. The molecule has 0 aromatic carbocycles. The first-order valence-corrected chi connectivity index (χ1v) is 6.31. The van der Waals surface area contributed by atoms with Crippen molar-refractivity contribution in [3.8, 4) is 0 Å². The molecule has 0 saturated heterocycles. The molecule has 76 valence electrons. The molecule has 0 atom stereocenters. The van der Waals surface area contributed by atoms with Crippen LogP contribution in [0, 0.1) is 29.6 Å². The number of hydrogen-bond donors (Lipinski definition) is 0. The van der Waals surface area contributed by atoms with E-state index < -0.39 is 0 Å². The third-order valence-electron chi connectivity index (χ3n) is 4.79. The van der Waals surface area contributed by atoms with Gasteiger partial charge in [0.15, 0.2) is 0 Å². The van der Waals surface area contributed by atoms with E-state index in [1.165, 1.54) is 32.1 Å². The summed E-state index contributed by atoms with van der Waals surface area (Å²) in [5, 5.41) is 2.54. The Morgan fingerprint density at radius 1 is 1.00 bits per heavy atom. The van der Waals surface area contributed by atoms with E-state index >= 15 is 0 Å². The van der Waals surface area contributed by atoms with Crippen LogP contribution in [-0.4, -0.2) is 11.7 Å². The lowest BCUT2D eigenvalue weighted by atomic mass is 9.52. The van der Waals surface area contributed by atoms with E-state index in [1.807, 2.05) is 0 Å². The zero-order valence-electron chi connectivity index (χ0n) is 8.48. The van der Waals surface area contributed by atoms with Gasteiger partial charge in [0.1, 0.15) is 0 Å². The highest BCUT2D eigenvalue weighted by molar-refractivity contribution is 7.78. The van der Waals surface area contributed by atoms with Gasteiger partial charge in [-0.1, -0.05) is 0 Å². The Bertz CT molecular complexity index is 252. The van der Waals surface area contributed by atoms with Gasteiger partial charge in [0.25, 0.3) is 0 Å². The molecule has 0 aromatic heterocycles. The van der Waals surface area contributed by atoms with Gasteiger partial charge in [-0.15, -0.1) is 0 Å². The standard InChI is InChI=1S/C12H17NS/c14-7-13-6-12-10-2-8-1-9(4-10)5-11(12)3-8/h8-12H,1-6H2. The molecule has 0 amide bonds. The van der Waals surface area contributed by atoms with Gasteiger partial charge in [-0.3, -0.25) is 0 Å². The quantitative estimate of drug-likeness (QED) is 0.500. The molecule has 4 aliphatic rings. The van der Waals surface area contributed by atoms with Gasteiger partial charge in [-0.05, 0) is 73.9 Å². The van der Waals surface area contributed by atoms with Crippen LogP contribution in [-0.2, 0) is 0 Å². The minimum absolute atomic E-state index is 0.859. The van der Waals surface area contributed by atoms with Crippen molar-refractivity contribution in [2.45, 2.75) is 32.1 Å². The minimum Gasteiger partial charge on any atom is -0.232 e. The van der Waals surface area contributed by atoms with Crippen LogP contribution in [0.25, 0.3) is 0 Å². The molecule has 0 aliphatic heterocycles. The molecule has 0 spiro atoms. The molecule has 4 rings (SSSR count). The second-order valence-corrected chi connectivity index (χ2v) is 5.71. The lowest BCUT2D eigenvalue weighted by Crippen LogP contribution is -2.46. The number of aliphatic imine (C=N–C) groups is 1. The Hall–Kier alpha value is -0.200. The number of nitrogens with zero attached hydrogens (tertiary/aromatic N) is 1. The number of rotatable bonds is 2. The molecule has 4 bridgehead atoms. The Morgan fingerprint density at radius 3 is 2.07 bits per heavy atom. The van der Waals surface area contributed by atoms with Crippen LogP contribution < -0.4 is 0 Å². The Morgan fingerprint density at radius 2 is 1.57 bits per heavy atom. The fourth-order valence-corrected chi connectivity index (χ4v) is 4.55. The van der Waals surface area contributed by atoms with Crippen LogP contribution in [0.3, 0.4) is 0 Å². The van der Waals surface area contributed by atoms with E-state index in [0.717, 1.165) is 36.1 Å². The van der Waals surface area contributed by atoms with Gasteiger partial charge in [0.2, 0.25) is 0 Å². The van der Waals surface area contributed by atoms with Crippen molar-refractivity contribution in [2.75, 3.05) is 6.54 Å². The fraction of sp³-hybridized carbons (Fsp3) is 0.917. The van der Waals surface area contributed by atoms with E-state index in [9.17, 15) is 0 Å². The van der Waals surface area contributed by atoms with Crippen molar-refractivity contribution in [1.82, 2.24) is 0 Å². The Kier molecular flexibility index (Phi) is 2.22. The fourth-order valence-electron chi connectivity index (χ4n) is 4.48. The first kappa shape index (κ1) is 9.06. The molecule has 1 nitrogen and oxygen atoms in total. The van der Waals surface area contributed by atoms with Crippen molar-refractivity contribution < 1.29 is 0 Å². The van der Waals surface area contributed by atoms with Gasteiger partial charge >= 0.3 is 0 Å². The summed E-state index contributed by atoms with van der Waals surface area (Å²) in [6.07, 6.45) is 7.50. The largest absolute Gasteiger partial charge is 0.232 e. The highest BCUT2D eigenvalue weighted by Gasteiger charge is 2.47. The van der Waals surface area contributed by atoms with Crippen LogP contribution in [0.5, 0.6) is 0 Å². The third-order valence-corrected chi connectivity index (χ3v) is 4.92. The van der Waals surface area contributed by atoms with E-state index in [-0.39, 0.29) is 0 Å². The van der Waals surface area contributed by atoms with Crippen LogP contribution in [0.2, 0.25) is 0 Å². The molecule has 4 fully saturated rings. The summed E-state index contributed by atoms with van der Waals surface area (Å²) in [6.45, 7) is 0.971. The molecule has 0 aromatic rings. The van der Waals surface area contributed by atoms with Gasteiger partial charge in [-0.25, -0.2) is 4.99 Å². The maximum absolute atomic E-state index is 4.67. The number of isothiocyanates is 1. The SMILES string of the molecule is S=C=NCC1C2CC3CC(C2)CC1C3. The van der Waals surface area contributed by atoms with Gasteiger partial charge in [-0.2, -0.15) is 0 Å². The summed E-state index contributed by atoms with van der Waals surface area (Å²) in [4.78, 5) is 4.18. The lowest BCUT2D eigenvalue weighted by molar-refractivity contribution is -0.0319. The van der Waals surface area contributed by atoms with E-state index in [2.05, 4.69) is 22.4 Å². The Balaban J connectivity index is 1.77. The number of thiocarbonyl (C=S) groups is 1. The molecule has 0 N–H and O–H groups in total. The molecular formula is C12H17NS. The molecule has 0 unspecified atom stereocenters. The summed E-state index contributed by atoms with van der Waals surface area (Å²) in [5.41, 5.74) is 0. The van der Waals surface area contributed by atoms with Crippen molar-refractivity contribution >= 4 is 17.4 Å². The Labute approximate surface area is 91.0 Å². The molecule has 4 aliphatic carbocycles. The van der Waals surface area contributed by atoms with E-state index in [4.69, 9.17) is 0 Å². The average molecular weight is 207 g/mol. The molecule has 14 heavy (non-hydrogen) atoms. The van der Waals surface area contributed by atoms with Crippen LogP contribution in [0.15, 0.2) is 4.99 Å². The van der Waals surface area contributed by atoms with E-state index in [0.29, 0.717) is 0 Å². The highest BCUT2D eigenvalue weighted by Crippen LogP contribution is 2.56. The topological polar surface area (TPSA) is 12.4 Å². The third kappa shape index (κ3) is 1.36. The normalized spacial score (nSPS) is 49.0. The second kappa shape index (κ2) is 3.43. The highest BCUT2D eigenvalue weighted by atomic mass is 32.1. The van der Waals surface area contributed by atoms with Crippen LogP contribution >= 0.6 is 12.2 Å².